The van der Waals surface area contributed by atoms with Crippen molar-refractivity contribution in [3.05, 3.63) is 11.6 Å². The number of aliphatic hydroxyl groups is 1. The first-order chi connectivity index (χ1) is 12.2. The Balaban J connectivity index is 3.11. The Morgan fingerprint density at radius 2 is 1.08 bits per heavy atom. The van der Waals surface area contributed by atoms with Gasteiger partial charge in [-0.3, -0.25) is 0 Å². The van der Waals surface area contributed by atoms with Gasteiger partial charge in [-0.1, -0.05) is 6.08 Å². The van der Waals surface area contributed by atoms with E-state index in [1.165, 1.54) is 0 Å². The largest absolute Gasteiger partial charge is 0.460 e. The molecule has 0 atom stereocenters. The highest BCUT2D eigenvalue weighted by atomic mass is 16.6. The molecule has 0 heterocycles. The summed E-state index contributed by atoms with van der Waals surface area (Å²) in [6.45, 7) is 8.27. The lowest BCUT2D eigenvalue weighted by atomic mass is 10.3. The highest BCUT2D eigenvalue weighted by molar-refractivity contribution is 5.87. The van der Waals surface area contributed by atoms with Gasteiger partial charge in [-0.25, -0.2) is 4.79 Å². The molecule has 0 bridgehead atoms. The first-order valence-corrected chi connectivity index (χ1v) is 8.52. The fraction of sp³-hybridized carbons (Fsp3) is 0.824. The average Bonchev–Trinajstić information content (AvgIpc) is 2.63. The summed E-state index contributed by atoms with van der Waals surface area (Å²) in [4.78, 5) is 11.3. The minimum absolute atomic E-state index is 0.0257. The minimum atomic E-state index is -0.318. The second-order valence-electron chi connectivity index (χ2n) is 4.89. The van der Waals surface area contributed by atoms with Gasteiger partial charge in [0.25, 0.3) is 0 Å². The number of hydrogen-bond donors (Lipinski definition) is 1. The van der Waals surface area contributed by atoms with Crippen molar-refractivity contribution in [2.75, 3.05) is 79.3 Å². The van der Waals surface area contributed by atoms with Crippen LogP contribution in [0, 0.1) is 0 Å². The molecule has 0 aromatic rings. The van der Waals surface area contributed by atoms with Crippen molar-refractivity contribution in [3.63, 3.8) is 0 Å². The van der Waals surface area contributed by atoms with Gasteiger partial charge < -0.3 is 33.5 Å². The molecule has 148 valence electrons. The normalized spacial score (nSPS) is 11.7. The number of carbonyl (C=O) groups is 1. The van der Waals surface area contributed by atoms with Crippen LogP contribution in [0.1, 0.15) is 13.8 Å². The molecule has 0 aliphatic rings. The molecule has 25 heavy (non-hydrogen) atoms. The third kappa shape index (κ3) is 17.6. The predicted molar refractivity (Wildman–Crippen MR) is 91.6 cm³/mol. The zero-order valence-electron chi connectivity index (χ0n) is 15.4. The second-order valence-corrected chi connectivity index (χ2v) is 4.89. The lowest BCUT2D eigenvalue weighted by molar-refractivity contribution is -0.140. The van der Waals surface area contributed by atoms with Crippen molar-refractivity contribution in [3.8, 4) is 0 Å². The van der Waals surface area contributed by atoms with Crippen LogP contribution in [0.4, 0.5) is 0 Å². The molecule has 0 aromatic heterocycles. The van der Waals surface area contributed by atoms with Gasteiger partial charge in [0, 0.05) is 5.57 Å². The van der Waals surface area contributed by atoms with Crippen LogP contribution in [-0.4, -0.2) is 90.4 Å². The topological polar surface area (TPSA) is 92.7 Å². The van der Waals surface area contributed by atoms with E-state index in [4.69, 9.17) is 33.5 Å². The summed E-state index contributed by atoms with van der Waals surface area (Å²) in [6.07, 6.45) is 1.71. The molecular weight excluding hydrogens is 332 g/mol. The molecule has 0 amide bonds. The number of aliphatic hydroxyl groups excluding tert-OH is 1. The van der Waals surface area contributed by atoms with Crippen LogP contribution >= 0.6 is 0 Å². The SMILES string of the molecule is CC=C(C)C(=O)OCCOCCOCCOCCOCCOCCO. The van der Waals surface area contributed by atoms with E-state index in [0.29, 0.717) is 71.6 Å². The standard InChI is InChI=1S/C17H32O8/c1-3-16(2)17(19)25-15-14-24-13-12-23-11-10-22-9-8-21-7-6-20-5-4-18/h3,18H,4-15H2,1-2H3. The summed E-state index contributed by atoms with van der Waals surface area (Å²) in [5.74, 6) is -0.318. The first kappa shape index (κ1) is 24.0. The van der Waals surface area contributed by atoms with Crippen molar-refractivity contribution in [2.45, 2.75) is 13.8 Å². The van der Waals surface area contributed by atoms with Crippen LogP contribution in [0.5, 0.6) is 0 Å². The number of ether oxygens (including phenoxy) is 6. The van der Waals surface area contributed by atoms with Gasteiger partial charge in [-0.05, 0) is 13.8 Å². The summed E-state index contributed by atoms with van der Waals surface area (Å²) >= 11 is 0. The van der Waals surface area contributed by atoms with Gasteiger partial charge in [-0.2, -0.15) is 0 Å². The number of hydrogen-bond acceptors (Lipinski definition) is 8. The Kier molecular flexibility index (Phi) is 18.5. The van der Waals surface area contributed by atoms with Crippen molar-refractivity contribution in [1.82, 2.24) is 0 Å². The smallest absolute Gasteiger partial charge is 0.333 e. The molecule has 0 aliphatic carbocycles. The fourth-order valence-electron chi connectivity index (χ4n) is 1.47. The molecular formula is C17H32O8. The molecule has 0 aliphatic heterocycles. The van der Waals surface area contributed by atoms with Crippen molar-refractivity contribution in [2.24, 2.45) is 0 Å². The maximum Gasteiger partial charge on any atom is 0.333 e. The van der Waals surface area contributed by atoms with Crippen LogP contribution in [0.25, 0.3) is 0 Å². The second kappa shape index (κ2) is 19.3. The van der Waals surface area contributed by atoms with E-state index in [2.05, 4.69) is 0 Å². The Labute approximate surface area is 150 Å². The Bertz CT molecular complexity index is 333. The zero-order valence-corrected chi connectivity index (χ0v) is 15.4. The summed E-state index contributed by atoms with van der Waals surface area (Å²) < 4.78 is 31.3. The maximum absolute atomic E-state index is 11.3. The van der Waals surface area contributed by atoms with Crippen LogP contribution in [0.2, 0.25) is 0 Å². The van der Waals surface area contributed by atoms with Gasteiger partial charge in [-0.15, -0.1) is 0 Å². The average molecular weight is 364 g/mol. The fourth-order valence-corrected chi connectivity index (χ4v) is 1.47. The number of esters is 1. The maximum atomic E-state index is 11.3. The molecule has 0 aromatic carbocycles. The lowest BCUT2D eigenvalue weighted by Crippen LogP contribution is -2.15. The van der Waals surface area contributed by atoms with E-state index in [-0.39, 0.29) is 19.2 Å². The third-order valence-corrected chi connectivity index (χ3v) is 2.94. The lowest BCUT2D eigenvalue weighted by Gasteiger charge is -2.08. The van der Waals surface area contributed by atoms with E-state index >= 15 is 0 Å². The highest BCUT2D eigenvalue weighted by Crippen LogP contribution is 1.95. The van der Waals surface area contributed by atoms with Crippen LogP contribution in [-0.2, 0) is 33.2 Å². The predicted octanol–water partition coefficient (Wildman–Crippen LogP) is 0.571. The quantitative estimate of drug-likeness (QED) is 0.214. The van der Waals surface area contributed by atoms with Gasteiger partial charge in [0.15, 0.2) is 0 Å². The number of rotatable bonds is 18. The molecule has 0 saturated carbocycles. The van der Waals surface area contributed by atoms with E-state index in [1.54, 1.807) is 19.9 Å². The van der Waals surface area contributed by atoms with E-state index < -0.39 is 0 Å². The molecule has 8 heteroatoms. The summed E-state index contributed by atoms with van der Waals surface area (Å²) in [6, 6.07) is 0. The van der Waals surface area contributed by atoms with E-state index in [9.17, 15) is 4.79 Å². The molecule has 0 radical (unpaired) electrons. The van der Waals surface area contributed by atoms with Crippen LogP contribution in [0.15, 0.2) is 11.6 Å². The monoisotopic (exact) mass is 364 g/mol. The number of allylic oxidation sites excluding steroid dienone is 1. The molecule has 0 rings (SSSR count). The van der Waals surface area contributed by atoms with Gasteiger partial charge in [0.05, 0.1) is 72.7 Å². The third-order valence-electron chi connectivity index (χ3n) is 2.94. The van der Waals surface area contributed by atoms with E-state index in [0.717, 1.165) is 0 Å². The van der Waals surface area contributed by atoms with Crippen molar-refractivity contribution in [1.29, 1.82) is 0 Å². The minimum Gasteiger partial charge on any atom is -0.460 e. The Hall–Kier alpha value is -1.03. The first-order valence-electron chi connectivity index (χ1n) is 8.52. The Morgan fingerprint density at radius 1 is 0.720 bits per heavy atom. The molecule has 0 saturated heterocycles. The van der Waals surface area contributed by atoms with Gasteiger partial charge in [0.1, 0.15) is 6.61 Å². The summed E-state index contributed by atoms with van der Waals surface area (Å²) in [7, 11) is 0. The van der Waals surface area contributed by atoms with Crippen LogP contribution < -0.4 is 0 Å². The number of carbonyl (C=O) groups excluding carboxylic acids is 1. The highest BCUT2D eigenvalue weighted by Gasteiger charge is 2.03. The summed E-state index contributed by atoms with van der Waals surface area (Å²) in [5.41, 5.74) is 0.587. The molecule has 0 spiro atoms. The van der Waals surface area contributed by atoms with Gasteiger partial charge >= 0.3 is 5.97 Å². The molecule has 1 N–H and O–H groups in total. The summed E-state index contributed by atoms with van der Waals surface area (Å²) in [5, 5.41) is 8.50. The van der Waals surface area contributed by atoms with Crippen molar-refractivity contribution >= 4 is 5.97 Å². The van der Waals surface area contributed by atoms with Gasteiger partial charge in [0.2, 0.25) is 0 Å². The van der Waals surface area contributed by atoms with E-state index in [1.807, 2.05) is 0 Å². The zero-order chi connectivity index (χ0) is 18.6. The van der Waals surface area contributed by atoms with Crippen molar-refractivity contribution < 1.29 is 38.3 Å². The van der Waals surface area contributed by atoms with Crippen LogP contribution in [0.3, 0.4) is 0 Å². The molecule has 0 fully saturated rings. The molecule has 0 unspecified atom stereocenters. The Morgan fingerprint density at radius 3 is 1.44 bits per heavy atom. The molecule has 8 nitrogen and oxygen atoms in total.